The van der Waals surface area contributed by atoms with E-state index in [0.29, 0.717) is 33.4 Å². The van der Waals surface area contributed by atoms with E-state index in [1.165, 1.54) is 25.7 Å². The molecule has 12 aromatic rings. The second kappa shape index (κ2) is 32.6. The number of ether oxygens (including phenoxy) is 2. The summed E-state index contributed by atoms with van der Waals surface area (Å²) in [6.07, 6.45) is 5.11. The summed E-state index contributed by atoms with van der Waals surface area (Å²) >= 11 is 0. The van der Waals surface area contributed by atoms with Crippen molar-refractivity contribution in [2.75, 3.05) is 26.4 Å². The van der Waals surface area contributed by atoms with Crippen molar-refractivity contribution in [3.8, 4) is 67.9 Å². The molecule has 0 unspecified atom stereocenters. The largest absolute Gasteiger partial charge is 3.00 e. The van der Waals surface area contributed by atoms with Gasteiger partial charge in [0.15, 0.2) is 0 Å². The summed E-state index contributed by atoms with van der Waals surface area (Å²) in [7, 11) is 0. The Morgan fingerprint density at radius 3 is 0.500 bits per heavy atom. The smallest absolute Gasteiger partial charge is 0.872 e. The van der Waals surface area contributed by atoms with E-state index >= 15 is 0 Å². The van der Waals surface area contributed by atoms with Crippen LogP contribution in [0, 0.1) is 46.9 Å². The minimum atomic E-state index is -0.118. The SMILES string of the molecule is C1CCOC1.C1CCOC1.[K+].[K+].[K+].[O-]c1ccc2ccccc2c1-c1c([O-])ccc2ccccc12.[O-]c1ccc2ccccc2c1-c1c([O-])ccc2ccccc12.[O-]c1ccc2ccccc2c1-c1c([O-])ccc2ccccc12.[Yb+3]. The van der Waals surface area contributed by atoms with Crippen LogP contribution in [-0.4, -0.2) is 26.4 Å². The van der Waals surface area contributed by atoms with E-state index in [4.69, 9.17) is 9.47 Å². The van der Waals surface area contributed by atoms with Gasteiger partial charge in [-0.3, -0.25) is 0 Å². The summed E-state index contributed by atoms with van der Waals surface area (Å²) in [5, 5.41) is 85.7. The first-order chi connectivity index (χ1) is 37.3. The van der Waals surface area contributed by atoms with Crippen molar-refractivity contribution >= 4 is 64.6 Å². The van der Waals surface area contributed by atoms with Crippen LogP contribution in [0.2, 0.25) is 0 Å². The molecule has 12 heteroatoms. The van der Waals surface area contributed by atoms with Gasteiger partial charge in [-0.2, -0.15) is 0 Å². The van der Waals surface area contributed by atoms with Crippen molar-refractivity contribution in [1.29, 1.82) is 0 Å². The fourth-order valence-electron chi connectivity index (χ4n) is 10.1. The topological polar surface area (TPSA) is 157 Å². The molecular weight excluding hydrogens is 1240 g/mol. The first-order valence-corrected chi connectivity index (χ1v) is 25.6. The minimum Gasteiger partial charge on any atom is -0.872 e. The molecule has 1 radical (unpaired) electrons. The molecule has 0 saturated carbocycles. The molecule has 2 fully saturated rings. The quantitative estimate of drug-likeness (QED) is 0.241. The molecule has 0 aromatic heterocycles. The third kappa shape index (κ3) is 15.6. The summed E-state index contributed by atoms with van der Waals surface area (Å²) in [6, 6.07) is 66.1. The zero-order chi connectivity index (χ0) is 52.4. The van der Waals surface area contributed by atoms with Crippen LogP contribution in [-0.2, 0) is 9.47 Å². The van der Waals surface area contributed by atoms with Gasteiger partial charge in [-0.15, -0.1) is 34.5 Å². The minimum absolute atomic E-state index is 0. The number of hydrogen-bond donors (Lipinski definition) is 0. The second-order valence-corrected chi connectivity index (χ2v) is 18.6. The van der Waals surface area contributed by atoms with E-state index in [2.05, 4.69) is 0 Å². The Balaban J connectivity index is 0.000000173. The fourth-order valence-corrected chi connectivity index (χ4v) is 10.1. The first-order valence-electron chi connectivity index (χ1n) is 25.6. The third-order valence-electron chi connectivity index (χ3n) is 13.7. The predicted molar refractivity (Wildman–Crippen MR) is 297 cm³/mol. The number of rotatable bonds is 3. The van der Waals surface area contributed by atoms with E-state index in [9.17, 15) is 30.6 Å². The van der Waals surface area contributed by atoms with Crippen molar-refractivity contribution in [1.82, 2.24) is 0 Å². The Bertz CT molecular complexity index is 3340. The molecular formula is C68H52K3O8Yb. The van der Waals surface area contributed by atoms with Crippen LogP contribution in [0.3, 0.4) is 0 Å². The normalized spacial score (nSPS) is 12.2. The van der Waals surface area contributed by atoms with Gasteiger partial charge in [-0.05, 0) is 124 Å². The molecule has 2 heterocycles. The number of hydrogen-bond acceptors (Lipinski definition) is 8. The first kappa shape index (κ1) is 66.5. The predicted octanol–water partition coefficient (Wildman–Crippen LogP) is 4.03. The summed E-state index contributed by atoms with van der Waals surface area (Å²) in [4.78, 5) is 0. The van der Waals surface area contributed by atoms with E-state index in [1.807, 2.05) is 146 Å². The van der Waals surface area contributed by atoms with Gasteiger partial charge in [-0.25, -0.2) is 0 Å². The molecule has 2 saturated heterocycles. The summed E-state index contributed by atoms with van der Waals surface area (Å²) in [6.45, 7) is 4.00. The van der Waals surface area contributed by atoms with Crippen molar-refractivity contribution in [2.45, 2.75) is 25.7 Å². The Labute approximate surface area is 632 Å². The summed E-state index contributed by atoms with van der Waals surface area (Å²) in [5.41, 5.74) is 3.00. The molecule has 80 heavy (non-hydrogen) atoms. The van der Waals surface area contributed by atoms with E-state index in [1.54, 1.807) is 72.8 Å². The van der Waals surface area contributed by atoms with Crippen LogP contribution >= 0.6 is 0 Å². The summed E-state index contributed by atoms with van der Waals surface area (Å²) < 4.78 is 9.89. The molecule has 12 aromatic carbocycles. The van der Waals surface area contributed by atoms with Gasteiger partial charge in [0, 0.05) is 26.4 Å². The average Bonchev–Trinajstić information content (AvgIpc) is 4.29. The van der Waals surface area contributed by atoms with Crippen LogP contribution < -0.4 is 185 Å². The molecule has 8 nitrogen and oxygen atoms in total. The molecule has 0 bridgehead atoms. The molecule has 389 valence electrons. The molecule has 0 atom stereocenters. The molecule has 0 N–H and O–H groups in total. The van der Waals surface area contributed by atoms with Crippen LogP contribution in [0.1, 0.15) is 25.7 Å². The van der Waals surface area contributed by atoms with Gasteiger partial charge in [0.25, 0.3) is 0 Å². The van der Waals surface area contributed by atoms with Crippen molar-refractivity contribution < 1.29 is 241 Å². The fraction of sp³-hybridized carbons (Fsp3) is 0.118. The Kier molecular flexibility index (Phi) is 27.1. The maximum Gasteiger partial charge on any atom is 3.00 e. The Morgan fingerprint density at radius 1 is 0.212 bits per heavy atom. The van der Waals surface area contributed by atoms with Gasteiger partial charge >= 0.3 is 201 Å². The van der Waals surface area contributed by atoms with Crippen LogP contribution in [0.15, 0.2) is 218 Å². The third-order valence-corrected chi connectivity index (χ3v) is 13.7. The Hall–Kier alpha value is -2.65. The van der Waals surface area contributed by atoms with Gasteiger partial charge in [-0.1, -0.05) is 218 Å². The number of benzene rings is 12. The van der Waals surface area contributed by atoms with Gasteiger partial charge in [0.2, 0.25) is 0 Å². The maximum atomic E-state index is 12.5. The molecule has 2 aliphatic rings. The summed E-state index contributed by atoms with van der Waals surface area (Å²) in [5.74, 6) is -0.710. The molecule has 0 spiro atoms. The second-order valence-electron chi connectivity index (χ2n) is 18.6. The van der Waals surface area contributed by atoms with Gasteiger partial charge in [0.1, 0.15) is 0 Å². The molecule has 0 aliphatic carbocycles. The molecule has 0 amide bonds. The van der Waals surface area contributed by atoms with Gasteiger partial charge < -0.3 is 40.1 Å². The standard InChI is InChI=1S/3C20H14O2.2C4H8O.3K.Yb/c3*21-17-11-9-13-5-1-3-7-15(13)19(17)20-16-8-4-2-6-14(16)10-12-18(20)22;2*1-2-4-5-3-1;;;;/h3*1-12,21-22H;2*1-4H2;;;;/q;;;;;3*+1;+3/p-6. The average molecular weight is 1290 g/mol. The van der Waals surface area contributed by atoms with Crippen molar-refractivity contribution in [3.05, 3.63) is 218 Å². The number of fused-ring (bicyclic) bond motifs is 6. The van der Waals surface area contributed by atoms with Gasteiger partial charge in [0.05, 0.1) is 0 Å². The Morgan fingerprint density at radius 2 is 0.362 bits per heavy atom. The molecule has 14 rings (SSSR count). The zero-order valence-corrected chi connectivity index (χ0v) is 56.1. The van der Waals surface area contributed by atoms with Crippen molar-refractivity contribution in [2.24, 2.45) is 0 Å². The molecule has 2 aliphatic heterocycles. The van der Waals surface area contributed by atoms with Crippen LogP contribution in [0.5, 0.6) is 34.5 Å². The van der Waals surface area contributed by atoms with E-state index in [0.717, 1.165) is 91.1 Å². The van der Waals surface area contributed by atoms with E-state index in [-0.39, 0.29) is 236 Å². The van der Waals surface area contributed by atoms with Crippen molar-refractivity contribution in [3.63, 3.8) is 0 Å². The van der Waals surface area contributed by atoms with E-state index < -0.39 is 0 Å². The zero-order valence-electron chi connectivity index (χ0n) is 45.0. The maximum absolute atomic E-state index is 12.5. The monoisotopic (exact) mass is 1290 g/mol. The van der Waals surface area contributed by atoms with Crippen LogP contribution in [0.4, 0.5) is 0 Å². The van der Waals surface area contributed by atoms with Crippen LogP contribution in [0.25, 0.3) is 98.0 Å².